The Labute approximate surface area is 189 Å². The fourth-order valence-corrected chi connectivity index (χ4v) is 4.15. The molecule has 0 spiro atoms. The first kappa shape index (κ1) is 23.1. The number of ether oxygens (including phenoxy) is 1. The van der Waals surface area contributed by atoms with Crippen LogP contribution in [-0.2, 0) is 9.59 Å². The van der Waals surface area contributed by atoms with Gasteiger partial charge in [0.05, 0.1) is 13.7 Å². The Bertz CT molecular complexity index is 1040. The van der Waals surface area contributed by atoms with E-state index in [-0.39, 0.29) is 24.1 Å². The van der Waals surface area contributed by atoms with Gasteiger partial charge in [-0.05, 0) is 68.7 Å². The number of hydrogen-bond donors (Lipinski definition) is 2. The number of methoxy groups -OCH3 is 1. The van der Waals surface area contributed by atoms with E-state index in [9.17, 15) is 14.9 Å². The number of nitrogens with one attached hydrogen (secondary N) is 2. The fourth-order valence-electron chi connectivity index (χ4n) is 4.15. The highest BCUT2D eigenvalue weighted by Crippen LogP contribution is 2.24. The molecule has 1 aliphatic rings. The van der Waals surface area contributed by atoms with Crippen LogP contribution < -0.4 is 15.4 Å². The molecule has 1 aromatic heterocycles. The molecule has 0 radical (unpaired) electrons. The number of rotatable bonds is 7. The van der Waals surface area contributed by atoms with Crippen molar-refractivity contribution >= 4 is 17.9 Å². The van der Waals surface area contributed by atoms with Crippen molar-refractivity contribution in [2.45, 2.75) is 52.0 Å². The Morgan fingerprint density at radius 2 is 1.88 bits per heavy atom. The summed E-state index contributed by atoms with van der Waals surface area (Å²) < 4.78 is 7.27. The molecule has 7 heteroatoms. The van der Waals surface area contributed by atoms with Crippen LogP contribution in [0.1, 0.15) is 49.1 Å². The lowest BCUT2D eigenvalue weighted by Gasteiger charge is -2.22. The summed E-state index contributed by atoms with van der Waals surface area (Å²) in [5.41, 5.74) is 3.58. The Balaban J connectivity index is 1.69. The summed E-state index contributed by atoms with van der Waals surface area (Å²) >= 11 is 0. The van der Waals surface area contributed by atoms with E-state index in [1.54, 1.807) is 13.2 Å². The highest BCUT2D eigenvalue weighted by molar-refractivity contribution is 6.03. The van der Waals surface area contributed by atoms with Crippen LogP contribution in [-0.4, -0.2) is 36.1 Å². The number of aryl methyl sites for hydroxylation is 1. The topological polar surface area (TPSA) is 96.2 Å². The lowest BCUT2D eigenvalue weighted by Crippen LogP contribution is -2.42. The molecule has 32 heavy (non-hydrogen) atoms. The van der Waals surface area contributed by atoms with Crippen LogP contribution in [0.3, 0.4) is 0 Å². The van der Waals surface area contributed by atoms with Gasteiger partial charge in [-0.3, -0.25) is 9.59 Å². The van der Waals surface area contributed by atoms with Crippen LogP contribution in [0, 0.1) is 25.2 Å². The Hall–Kier alpha value is -3.53. The second-order valence-electron chi connectivity index (χ2n) is 8.11. The molecule has 0 unspecified atom stereocenters. The third-order valence-electron chi connectivity index (χ3n) is 5.85. The Morgan fingerprint density at radius 3 is 2.50 bits per heavy atom. The number of carbonyl (C=O) groups excluding carboxylic acids is 2. The second-order valence-corrected chi connectivity index (χ2v) is 8.11. The Morgan fingerprint density at radius 1 is 1.19 bits per heavy atom. The quantitative estimate of drug-likeness (QED) is 0.514. The monoisotopic (exact) mass is 434 g/mol. The molecule has 2 N–H and O–H groups in total. The first-order valence-electron chi connectivity index (χ1n) is 11.0. The van der Waals surface area contributed by atoms with Crippen molar-refractivity contribution < 1.29 is 14.3 Å². The van der Waals surface area contributed by atoms with Crippen LogP contribution in [0.5, 0.6) is 5.75 Å². The molecule has 168 valence electrons. The molecule has 0 atom stereocenters. The first-order valence-corrected chi connectivity index (χ1v) is 11.0. The standard InChI is InChI=1S/C25H30N4O3/c1-17-13-19(18(2)29(17)22-9-11-23(32-3)12-10-22)14-20(15-26)25(31)27-16-24(30)28-21-7-5-4-6-8-21/h9-14,21H,4-8,16H2,1-3H3,(H,27,31)(H,28,30)/b20-14-. The van der Waals surface area contributed by atoms with Crippen molar-refractivity contribution in [3.8, 4) is 17.5 Å². The summed E-state index contributed by atoms with van der Waals surface area (Å²) in [7, 11) is 1.62. The van der Waals surface area contributed by atoms with Crippen molar-refractivity contribution in [2.75, 3.05) is 13.7 Å². The summed E-state index contributed by atoms with van der Waals surface area (Å²) in [6.07, 6.45) is 6.97. The van der Waals surface area contributed by atoms with E-state index < -0.39 is 5.91 Å². The van der Waals surface area contributed by atoms with E-state index in [4.69, 9.17) is 4.74 Å². The molecular weight excluding hydrogens is 404 g/mol. The van der Waals surface area contributed by atoms with Crippen LogP contribution in [0.4, 0.5) is 0 Å². The lowest BCUT2D eigenvalue weighted by molar-refractivity contribution is -0.124. The van der Waals surface area contributed by atoms with E-state index in [1.165, 1.54) is 6.42 Å². The molecule has 2 amide bonds. The minimum Gasteiger partial charge on any atom is -0.497 e. The van der Waals surface area contributed by atoms with Gasteiger partial charge in [0.1, 0.15) is 17.4 Å². The molecule has 1 aliphatic carbocycles. The molecule has 7 nitrogen and oxygen atoms in total. The average Bonchev–Trinajstić information content (AvgIpc) is 3.09. The van der Waals surface area contributed by atoms with Crippen LogP contribution in [0.2, 0.25) is 0 Å². The third-order valence-corrected chi connectivity index (χ3v) is 5.85. The van der Waals surface area contributed by atoms with Crippen molar-refractivity contribution in [2.24, 2.45) is 0 Å². The van der Waals surface area contributed by atoms with Gasteiger partial charge in [0, 0.05) is 23.1 Å². The number of nitrogens with zero attached hydrogens (tertiary/aromatic N) is 2. The summed E-state index contributed by atoms with van der Waals surface area (Å²) in [4.78, 5) is 24.7. The number of aromatic nitrogens is 1. The first-order chi connectivity index (χ1) is 15.4. The number of amides is 2. The highest BCUT2D eigenvalue weighted by Gasteiger charge is 2.18. The molecule has 0 aliphatic heterocycles. The molecular formula is C25H30N4O3. The van der Waals surface area contributed by atoms with Gasteiger partial charge in [-0.1, -0.05) is 19.3 Å². The average molecular weight is 435 g/mol. The molecule has 3 rings (SSSR count). The van der Waals surface area contributed by atoms with Gasteiger partial charge in [-0.2, -0.15) is 5.26 Å². The molecule has 2 aromatic rings. The third kappa shape index (κ3) is 5.58. The van der Waals surface area contributed by atoms with Gasteiger partial charge in [0.2, 0.25) is 5.91 Å². The molecule has 1 heterocycles. The minimum atomic E-state index is -0.555. The van der Waals surface area contributed by atoms with Crippen LogP contribution in [0.15, 0.2) is 35.9 Å². The maximum absolute atomic E-state index is 12.5. The summed E-state index contributed by atoms with van der Waals surface area (Å²) in [6.45, 7) is 3.77. The predicted octanol–water partition coefficient (Wildman–Crippen LogP) is 3.57. The van der Waals surface area contributed by atoms with E-state index in [2.05, 4.69) is 15.2 Å². The zero-order chi connectivity index (χ0) is 23.1. The fraction of sp³-hybridized carbons (Fsp3) is 0.400. The smallest absolute Gasteiger partial charge is 0.262 e. The molecule has 0 saturated heterocycles. The second kappa shape index (κ2) is 10.7. The number of nitriles is 1. The normalized spacial score (nSPS) is 14.5. The molecule has 1 fully saturated rings. The van der Waals surface area contributed by atoms with Gasteiger partial charge in [-0.15, -0.1) is 0 Å². The molecule has 1 aromatic carbocycles. The number of carbonyl (C=O) groups is 2. The van der Waals surface area contributed by atoms with Crippen molar-refractivity contribution in [1.82, 2.24) is 15.2 Å². The summed E-state index contributed by atoms with van der Waals surface area (Å²) in [6, 6.07) is 11.7. The zero-order valence-electron chi connectivity index (χ0n) is 18.9. The highest BCUT2D eigenvalue weighted by atomic mass is 16.5. The predicted molar refractivity (Wildman–Crippen MR) is 123 cm³/mol. The van der Waals surface area contributed by atoms with Crippen molar-refractivity contribution in [3.63, 3.8) is 0 Å². The number of benzene rings is 1. The van der Waals surface area contributed by atoms with E-state index >= 15 is 0 Å². The van der Waals surface area contributed by atoms with Crippen LogP contribution >= 0.6 is 0 Å². The van der Waals surface area contributed by atoms with Crippen LogP contribution in [0.25, 0.3) is 11.8 Å². The van der Waals surface area contributed by atoms with Gasteiger partial charge in [0.15, 0.2) is 0 Å². The van der Waals surface area contributed by atoms with E-state index in [1.807, 2.05) is 50.2 Å². The van der Waals surface area contributed by atoms with Gasteiger partial charge in [-0.25, -0.2) is 0 Å². The largest absolute Gasteiger partial charge is 0.497 e. The molecule has 1 saturated carbocycles. The summed E-state index contributed by atoms with van der Waals surface area (Å²) in [5, 5.41) is 15.1. The van der Waals surface area contributed by atoms with Crippen molar-refractivity contribution in [1.29, 1.82) is 5.26 Å². The Kier molecular flexibility index (Phi) is 7.72. The zero-order valence-corrected chi connectivity index (χ0v) is 18.9. The maximum atomic E-state index is 12.5. The number of hydrogen-bond acceptors (Lipinski definition) is 4. The van der Waals surface area contributed by atoms with Gasteiger partial charge in [0.25, 0.3) is 5.91 Å². The molecule has 0 bridgehead atoms. The van der Waals surface area contributed by atoms with Gasteiger partial charge >= 0.3 is 0 Å². The van der Waals surface area contributed by atoms with Gasteiger partial charge < -0.3 is 19.9 Å². The lowest BCUT2D eigenvalue weighted by atomic mass is 9.95. The van der Waals surface area contributed by atoms with E-state index in [0.29, 0.717) is 0 Å². The summed E-state index contributed by atoms with van der Waals surface area (Å²) in [5.74, 6) is -0.00642. The minimum absolute atomic E-state index is 0.0366. The maximum Gasteiger partial charge on any atom is 0.262 e. The van der Waals surface area contributed by atoms with E-state index in [0.717, 1.165) is 54.1 Å². The SMILES string of the molecule is COc1ccc(-n2c(C)cc(/C=C(/C#N)C(=O)NCC(=O)NC3CCCCC3)c2C)cc1. The van der Waals surface area contributed by atoms with Crippen molar-refractivity contribution in [3.05, 3.63) is 52.9 Å².